The van der Waals surface area contributed by atoms with Crippen LogP contribution in [0.5, 0.6) is 5.75 Å². The van der Waals surface area contributed by atoms with E-state index in [0.29, 0.717) is 13.0 Å². The second-order valence-corrected chi connectivity index (χ2v) is 6.56. The van der Waals surface area contributed by atoms with Gasteiger partial charge in [0.15, 0.2) is 0 Å². The van der Waals surface area contributed by atoms with Gasteiger partial charge in [-0.05, 0) is 41.8 Å². The van der Waals surface area contributed by atoms with Crippen LogP contribution in [0.15, 0.2) is 52.9 Å². The Morgan fingerprint density at radius 1 is 1.00 bits per heavy atom. The highest BCUT2D eigenvalue weighted by Gasteiger charge is 2.31. The molecule has 26 heavy (non-hydrogen) atoms. The molecule has 1 aliphatic rings. The lowest BCUT2D eigenvalue weighted by Crippen LogP contribution is -1.94. The molecule has 1 atom stereocenters. The van der Waals surface area contributed by atoms with Gasteiger partial charge in [0.1, 0.15) is 17.3 Å². The summed E-state index contributed by atoms with van der Waals surface area (Å²) in [4.78, 5) is 0. The first-order valence-corrected chi connectivity index (χ1v) is 8.77. The average molecular weight is 350 g/mol. The van der Waals surface area contributed by atoms with E-state index < -0.39 is 6.10 Å². The van der Waals surface area contributed by atoms with Gasteiger partial charge in [-0.2, -0.15) is 0 Å². The summed E-state index contributed by atoms with van der Waals surface area (Å²) in [6.45, 7) is 0.581. The summed E-state index contributed by atoms with van der Waals surface area (Å²) < 4.78 is 16.6. The summed E-state index contributed by atoms with van der Waals surface area (Å²) >= 11 is 0. The van der Waals surface area contributed by atoms with Gasteiger partial charge in [-0.1, -0.05) is 24.3 Å². The maximum Gasteiger partial charge on any atom is 0.142 e. The minimum absolute atomic E-state index is 0.477. The molecule has 3 aromatic rings. The van der Waals surface area contributed by atoms with E-state index in [1.54, 1.807) is 14.2 Å². The van der Waals surface area contributed by atoms with Crippen LogP contribution in [0.3, 0.4) is 0 Å². The smallest absolute Gasteiger partial charge is 0.142 e. The van der Waals surface area contributed by atoms with Gasteiger partial charge >= 0.3 is 0 Å². The lowest BCUT2D eigenvalue weighted by molar-refractivity contribution is 0.180. The summed E-state index contributed by atoms with van der Waals surface area (Å²) in [5, 5.41) is 10.5. The molecule has 1 N–H and O–H groups in total. The number of hydrogen-bond donors (Lipinski definition) is 1. The second kappa shape index (κ2) is 6.98. The van der Waals surface area contributed by atoms with E-state index in [4.69, 9.17) is 13.9 Å². The standard InChI is InChI=1S/C22H22O4/c1-24-13-14-3-5-15(6-4-14)20-21-18(23)11-12-19(21)26-22(20)16-7-9-17(25-2)10-8-16/h3-10,18,23H,11-13H2,1-2H3. The summed E-state index contributed by atoms with van der Waals surface area (Å²) in [7, 11) is 3.34. The monoisotopic (exact) mass is 350 g/mol. The average Bonchev–Trinajstić information content (AvgIpc) is 3.23. The zero-order valence-corrected chi connectivity index (χ0v) is 15.0. The predicted octanol–water partition coefficient (Wildman–Crippen LogP) is 4.75. The molecule has 4 heteroatoms. The Labute approximate surface area is 153 Å². The number of aliphatic hydroxyl groups excluding tert-OH is 1. The number of aliphatic hydroxyl groups is 1. The summed E-state index contributed by atoms with van der Waals surface area (Å²) in [6.07, 6.45) is 1.00. The number of fused-ring (bicyclic) bond motifs is 1. The predicted molar refractivity (Wildman–Crippen MR) is 100 cm³/mol. The van der Waals surface area contributed by atoms with Crippen LogP contribution in [0.1, 0.15) is 29.4 Å². The van der Waals surface area contributed by atoms with Gasteiger partial charge in [0, 0.05) is 30.2 Å². The van der Waals surface area contributed by atoms with Crippen LogP contribution in [-0.2, 0) is 17.8 Å². The van der Waals surface area contributed by atoms with Crippen LogP contribution in [0.2, 0.25) is 0 Å². The molecular weight excluding hydrogens is 328 g/mol. The SMILES string of the molecule is COCc1ccc(-c2c(-c3ccc(OC)cc3)oc3c2C(O)CC3)cc1. The highest BCUT2D eigenvalue weighted by Crippen LogP contribution is 2.46. The minimum Gasteiger partial charge on any atom is -0.497 e. The van der Waals surface area contributed by atoms with Crippen molar-refractivity contribution in [3.05, 3.63) is 65.4 Å². The highest BCUT2D eigenvalue weighted by atomic mass is 16.5. The van der Waals surface area contributed by atoms with E-state index in [1.165, 1.54) is 0 Å². The van der Waals surface area contributed by atoms with Crippen LogP contribution in [0.4, 0.5) is 0 Å². The van der Waals surface area contributed by atoms with Crippen molar-refractivity contribution in [2.45, 2.75) is 25.6 Å². The third-order valence-electron chi connectivity index (χ3n) is 4.91. The number of benzene rings is 2. The Bertz CT molecular complexity index is 891. The molecule has 4 rings (SSSR count). The molecule has 0 spiro atoms. The van der Waals surface area contributed by atoms with Crippen molar-refractivity contribution in [2.24, 2.45) is 0 Å². The Morgan fingerprint density at radius 3 is 2.35 bits per heavy atom. The number of methoxy groups -OCH3 is 2. The van der Waals surface area contributed by atoms with Crippen LogP contribution >= 0.6 is 0 Å². The third-order valence-corrected chi connectivity index (χ3v) is 4.91. The maximum atomic E-state index is 10.5. The van der Waals surface area contributed by atoms with Gasteiger partial charge in [-0.15, -0.1) is 0 Å². The van der Waals surface area contributed by atoms with Gasteiger partial charge in [0.2, 0.25) is 0 Å². The van der Waals surface area contributed by atoms with Crippen molar-refractivity contribution in [2.75, 3.05) is 14.2 Å². The molecule has 0 fully saturated rings. The Kier molecular flexibility index (Phi) is 4.53. The summed E-state index contributed by atoms with van der Waals surface area (Å²) in [5.41, 5.74) is 5.04. The molecule has 0 saturated carbocycles. The van der Waals surface area contributed by atoms with E-state index in [-0.39, 0.29) is 0 Å². The molecular formula is C22H22O4. The van der Waals surface area contributed by atoms with Crippen molar-refractivity contribution >= 4 is 0 Å². The number of aryl methyl sites for hydroxylation is 1. The molecule has 134 valence electrons. The van der Waals surface area contributed by atoms with Gasteiger partial charge in [-0.3, -0.25) is 0 Å². The van der Waals surface area contributed by atoms with Crippen molar-refractivity contribution in [1.29, 1.82) is 0 Å². The van der Waals surface area contributed by atoms with E-state index >= 15 is 0 Å². The Morgan fingerprint density at radius 2 is 1.69 bits per heavy atom. The lowest BCUT2D eigenvalue weighted by Gasteiger charge is -2.10. The molecule has 0 radical (unpaired) electrons. The third kappa shape index (κ3) is 2.91. The largest absolute Gasteiger partial charge is 0.497 e. The van der Waals surface area contributed by atoms with Gasteiger partial charge in [0.05, 0.1) is 19.8 Å². The molecule has 0 amide bonds. The van der Waals surface area contributed by atoms with Crippen LogP contribution in [0, 0.1) is 0 Å². The second-order valence-electron chi connectivity index (χ2n) is 6.56. The molecule has 0 saturated heterocycles. The topological polar surface area (TPSA) is 51.8 Å². The van der Waals surface area contributed by atoms with Crippen molar-refractivity contribution in [3.8, 4) is 28.2 Å². The van der Waals surface area contributed by atoms with Crippen molar-refractivity contribution < 1.29 is 19.0 Å². The number of rotatable bonds is 5. The van der Waals surface area contributed by atoms with Crippen LogP contribution < -0.4 is 4.74 Å². The quantitative estimate of drug-likeness (QED) is 0.721. The summed E-state index contributed by atoms with van der Waals surface area (Å²) in [5.74, 6) is 2.49. The highest BCUT2D eigenvalue weighted by molar-refractivity contribution is 5.84. The Balaban J connectivity index is 1.83. The van der Waals surface area contributed by atoms with E-state index in [0.717, 1.165) is 51.5 Å². The summed E-state index contributed by atoms with van der Waals surface area (Å²) in [6, 6.07) is 16.1. The lowest BCUT2D eigenvalue weighted by atomic mass is 9.95. The first kappa shape index (κ1) is 16.9. The van der Waals surface area contributed by atoms with E-state index in [1.807, 2.05) is 24.3 Å². The van der Waals surface area contributed by atoms with Crippen molar-refractivity contribution in [1.82, 2.24) is 0 Å². The molecule has 0 aliphatic heterocycles. The Hall–Kier alpha value is -2.56. The van der Waals surface area contributed by atoms with Gasteiger partial charge < -0.3 is 19.0 Å². The van der Waals surface area contributed by atoms with Gasteiger partial charge in [0.25, 0.3) is 0 Å². The van der Waals surface area contributed by atoms with E-state index in [2.05, 4.69) is 24.3 Å². The maximum absolute atomic E-state index is 10.5. The van der Waals surface area contributed by atoms with Crippen LogP contribution in [-0.4, -0.2) is 19.3 Å². The minimum atomic E-state index is -0.477. The normalized spacial score (nSPS) is 15.9. The van der Waals surface area contributed by atoms with Crippen LogP contribution in [0.25, 0.3) is 22.5 Å². The van der Waals surface area contributed by atoms with Gasteiger partial charge in [-0.25, -0.2) is 0 Å². The zero-order chi connectivity index (χ0) is 18.1. The first-order valence-electron chi connectivity index (χ1n) is 8.77. The molecule has 1 heterocycles. The molecule has 0 bridgehead atoms. The molecule has 2 aromatic carbocycles. The molecule has 4 nitrogen and oxygen atoms in total. The van der Waals surface area contributed by atoms with E-state index in [9.17, 15) is 5.11 Å². The number of hydrogen-bond acceptors (Lipinski definition) is 4. The first-order chi connectivity index (χ1) is 12.7. The molecule has 1 aromatic heterocycles. The number of furan rings is 1. The fourth-order valence-electron chi connectivity index (χ4n) is 3.61. The molecule has 1 unspecified atom stereocenters. The zero-order valence-electron chi connectivity index (χ0n) is 15.0. The molecule has 1 aliphatic carbocycles. The number of ether oxygens (including phenoxy) is 2. The van der Waals surface area contributed by atoms with Crippen molar-refractivity contribution in [3.63, 3.8) is 0 Å². The fraction of sp³-hybridized carbons (Fsp3) is 0.273. The fourth-order valence-corrected chi connectivity index (χ4v) is 3.61.